The molecule has 0 aliphatic rings. The Labute approximate surface area is 119 Å². The molecule has 19 heavy (non-hydrogen) atoms. The average Bonchev–Trinajstić information content (AvgIpc) is 2.30. The Morgan fingerprint density at radius 1 is 1.21 bits per heavy atom. The van der Waals surface area contributed by atoms with E-state index >= 15 is 0 Å². The molecule has 100 valence electrons. The van der Waals surface area contributed by atoms with Crippen LogP contribution in [0.5, 0.6) is 0 Å². The van der Waals surface area contributed by atoms with Gasteiger partial charge >= 0.3 is 0 Å². The Hall–Kier alpha value is -1.61. The Balaban J connectivity index is 2.25. The second kappa shape index (κ2) is 5.57. The van der Waals surface area contributed by atoms with Gasteiger partial charge in [-0.3, -0.25) is 4.98 Å². The summed E-state index contributed by atoms with van der Waals surface area (Å²) in [6, 6.07) is 6.00. The fourth-order valence-corrected chi connectivity index (χ4v) is 2.58. The van der Waals surface area contributed by atoms with E-state index in [1.54, 1.807) is 12.3 Å². The third kappa shape index (κ3) is 3.24. The van der Waals surface area contributed by atoms with Crippen LogP contribution in [0.1, 0.15) is 35.5 Å². The summed E-state index contributed by atoms with van der Waals surface area (Å²) >= 11 is 5.78. The van der Waals surface area contributed by atoms with Gasteiger partial charge in [-0.1, -0.05) is 11.6 Å². The van der Waals surface area contributed by atoms with Gasteiger partial charge < -0.3 is 5.32 Å². The average molecular weight is 276 g/mol. The zero-order valence-electron chi connectivity index (χ0n) is 11.7. The van der Waals surface area contributed by atoms with Crippen molar-refractivity contribution in [1.82, 2.24) is 9.97 Å². The molecule has 2 aromatic heterocycles. The van der Waals surface area contributed by atoms with E-state index in [-0.39, 0.29) is 6.04 Å². The number of anilines is 1. The summed E-state index contributed by atoms with van der Waals surface area (Å²) in [5.74, 6) is 0. The highest BCUT2D eigenvalue weighted by Gasteiger charge is 2.13. The van der Waals surface area contributed by atoms with Crippen LogP contribution in [0.2, 0.25) is 5.15 Å². The largest absolute Gasteiger partial charge is 0.377 e. The van der Waals surface area contributed by atoms with Crippen LogP contribution in [-0.2, 0) is 0 Å². The van der Waals surface area contributed by atoms with Crippen molar-refractivity contribution in [2.75, 3.05) is 5.32 Å². The maximum Gasteiger partial charge on any atom is 0.129 e. The third-order valence-electron chi connectivity index (χ3n) is 3.13. The smallest absolute Gasteiger partial charge is 0.129 e. The maximum absolute atomic E-state index is 5.78. The minimum absolute atomic E-state index is 0.177. The van der Waals surface area contributed by atoms with E-state index in [1.165, 1.54) is 11.1 Å². The molecule has 0 aliphatic heterocycles. The third-order valence-corrected chi connectivity index (χ3v) is 3.35. The highest BCUT2D eigenvalue weighted by molar-refractivity contribution is 6.29. The first-order valence-electron chi connectivity index (χ1n) is 6.30. The van der Waals surface area contributed by atoms with Crippen LogP contribution in [0.4, 0.5) is 5.69 Å². The van der Waals surface area contributed by atoms with E-state index in [9.17, 15) is 0 Å². The van der Waals surface area contributed by atoms with Gasteiger partial charge in [-0.2, -0.15) is 0 Å². The van der Waals surface area contributed by atoms with E-state index in [1.807, 2.05) is 19.9 Å². The van der Waals surface area contributed by atoms with E-state index in [2.05, 4.69) is 35.2 Å². The van der Waals surface area contributed by atoms with Gasteiger partial charge in [0.2, 0.25) is 0 Å². The molecule has 3 nitrogen and oxygen atoms in total. The first kappa shape index (κ1) is 13.8. The zero-order chi connectivity index (χ0) is 14.0. The molecule has 2 aromatic rings. The molecule has 0 radical (unpaired) electrons. The highest BCUT2D eigenvalue weighted by atomic mass is 35.5. The van der Waals surface area contributed by atoms with Crippen LogP contribution in [0.15, 0.2) is 24.4 Å². The summed E-state index contributed by atoms with van der Waals surface area (Å²) in [4.78, 5) is 8.61. The van der Waals surface area contributed by atoms with Crippen molar-refractivity contribution < 1.29 is 0 Å². The van der Waals surface area contributed by atoms with Crippen LogP contribution in [-0.4, -0.2) is 9.97 Å². The lowest BCUT2D eigenvalue weighted by Crippen LogP contribution is -2.11. The molecule has 4 heteroatoms. The fourth-order valence-electron chi connectivity index (χ4n) is 2.47. The fraction of sp³-hybridized carbons (Fsp3) is 0.333. The van der Waals surface area contributed by atoms with Crippen molar-refractivity contribution in [3.05, 3.63) is 52.1 Å². The standard InChI is InChI=1S/C15H18ClN3/c1-9-7-10(2)18-11(3)15(9)12(4)19-13-5-6-14(16)17-8-13/h5-8,12,19H,1-4H3. The van der Waals surface area contributed by atoms with Crippen molar-refractivity contribution in [3.63, 3.8) is 0 Å². The molecule has 0 fully saturated rings. The van der Waals surface area contributed by atoms with Gasteiger partial charge in [0.25, 0.3) is 0 Å². The Bertz CT molecular complexity index is 555. The quantitative estimate of drug-likeness (QED) is 0.852. The molecular formula is C15H18ClN3. The summed E-state index contributed by atoms with van der Waals surface area (Å²) in [6.45, 7) is 8.31. The monoisotopic (exact) mass is 275 g/mol. The number of hydrogen-bond acceptors (Lipinski definition) is 3. The minimum Gasteiger partial charge on any atom is -0.377 e. The van der Waals surface area contributed by atoms with E-state index in [0.717, 1.165) is 17.1 Å². The molecule has 1 N–H and O–H groups in total. The zero-order valence-corrected chi connectivity index (χ0v) is 12.4. The topological polar surface area (TPSA) is 37.8 Å². The first-order valence-corrected chi connectivity index (χ1v) is 6.68. The van der Waals surface area contributed by atoms with Crippen LogP contribution >= 0.6 is 11.6 Å². The van der Waals surface area contributed by atoms with E-state index in [4.69, 9.17) is 11.6 Å². The predicted molar refractivity (Wildman–Crippen MR) is 79.7 cm³/mol. The van der Waals surface area contributed by atoms with Crippen LogP contribution in [0.3, 0.4) is 0 Å². The maximum atomic E-state index is 5.78. The Kier molecular flexibility index (Phi) is 4.05. The second-order valence-corrected chi connectivity index (χ2v) is 5.20. The summed E-state index contributed by atoms with van der Waals surface area (Å²) in [7, 11) is 0. The minimum atomic E-state index is 0.177. The summed E-state index contributed by atoms with van der Waals surface area (Å²) in [5, 5.41) is 3.93. The molecule has 0 saturated heterocycles. The number of pyridine rings is 2. The molecule has 0 spiro atoms. The lowest BCUT2D eigenvalue weighted by molar-refractivity contribution is 0.842. The molecule has 1 atom stereocenters. The number of hydrogen-bond donors (Lipinski definition) is 1. The Morgan fingerprint density at radius 3 is 2.53 bits per heavy atom. The van der Waals surface area contributed by atoms with Gasteiger partial charge in [-0.05, 0) is 57.0 Å². The lowest BCUT2D eigenvalue weighted by Gasteiger charge is -2.20. The molecule has 0 aliphatic carbocycles. The van der Waals surface area contributed by atoms with Crippen molar-refractivity contribution in [1.29, 1.82) is 0 Å². The molecule has 0 bridgehead atoms. The second-order valence-electron chi connectivity index (χ2n) is 4.82. The number of nitrogens with zero attached hydrogens (tertiary/aromatic N) is 2. The molecule has 2 rings (SSSR count). The number of halogens is 1. The summed E-state index contributed by atoms with van der Waals surface area (Å²) in [6.07, 6.45) is 1.74. The van der Waals surface area contributed by atoms with Gasteiger partial charge in [-0.25, -0.2) is 4.98 Å². The number of rotatable bonds is 3. The molecular weight excluding hydrogens is 258 g/mol. The van der Waals surface area contributed by atoms with Gasteiger partial charge in [-0.15, -0.1) is 0 Å². The predicted octanol–water partition coefficient (Wildman–Crippen LogP) is 4.23. The van der Waals surface area contributed by atoms with Gasteiger partial charge in [0.15, 0.2) is 0 Å². The lowest BCUT2D eigenvalue weighted by atomic mass is 10.0. The molecule has 0 amide bonds. The van der Waals surface area contributed by atoms with Crippen molar-refractivity contribution in [3.8, 4) is 0 Å². The summed E-state index contributed by atoms with van der Waals surface area (Å²) in [5.41, 5.74) is 5.57. The first-order chi connectivity index (χ1) is 8.97. The van der Waals surface area contributed by atoms with Gasteiger partial charge in [0.05, 0.1) is 17.9 Å². The van der Waals surface area contributed by atoms with E-state index in [0.29, 0.717) is 5.15 Å². The van der Waals surface area contributed by atoms with Crippen molar-refractivity contribution >= 4 is 17.3 Å². The SMILES string of the molecule is Cc1cc(C)c(C(C)Nc2ccc(Cl)nc2)c(C)n1. The molecule has 0 aromatic carbocycles. The Morgan fingerprint density at radius 2 is 1.95 bits per heavy atom. The number of aromatic nitrogens is 2. The van der Waals surface area contributed by atoms with Gasteiger partial charge in [0, 0.05) is 11.4 Å². The van der Waals surface area contributed by atoms with Gasteiger partial charge in [0.1, 0.15) is 5.15 Å². The molecule has 2 heterocycles. The van der Waals surface area contributed by atoms with E-state index < -0.39 is 0 Å². The normalized spacial score (nSPS) is 12.3. The van der Waals surface area contributed by atoms with Crippen molar-refractivity contribution in [2.45, 2.75) is 33.7 Å². The van der Waals surface area contributed by atoms with Crippen LogP contribution in [0.25, 0.3) is 0 Å². The molecule has 1 unspecified atom stereocenters. The highest BCUT2D eigenvalue weighted by Crippen LogP contribution is 2.25. The number of aryl methyl sites for hydroxylation is 3. The number of nitrogens with one attached hydrogen (secondary N) is 1. The van der Waals surface area contributed by atoms with Crippen LogP contribution in [0, 0.1) is 20.8 Å². The van der Waals surface area contributed by atoms with Crippen molar-refractivity contribution in [2.24, 2.45) is 0 Å². The summed E-state index contributed by atoms with van der Waals surface area (Å²) < 4.78 is 0. The van der Waals surface area contributed by atoms with Crippen LogP contribution < -0.4 is 5.32 Å². The molecule has 0 saturated carbocycles.